The van der Waals surface area contributed by atoms with Crippen LogP contribution in [0.4, 0.5) is 0 Å². The molecule has 0 aliphatic carbocycles. The van der Waals surface area contributed by atoms with Crippen LogP contribution in [-0.4, -0.2) is 23.7 Å². The Bertz CT molecular complexity index is 444. The van der Waals surface area contributed by atoms with Crippen LogP contribution < -0.4 is 9.47 Å². The van der Waals surface area contributed by atoms with Gasteiger partial charge in [-0.15, -0.1) is 0 Å². The van der Waals surface area contributed by atoms with Crippen molar-refractivity contribution in [2.24, 2.45) is 0 Å². The largest absolute Gasteiger partial charge is 0.497 e. The molecule has 0 amide bonds. The Hall–Kier alpha value is -1.74. The molecule has 0 bridgehead atoms. The molecule has 0 N–H and O–H groups in total. The molecule has 0 unspecified atom stereocenters. The van der Waals surface area contributed by atoms with Gasteiger partial charge in [-0.25, -0.2) is 0 Å². The Morgan fingerprint density at radius 3 is 1.37 bits per heavy atom. The van der Waals surface area contributed by atoms with Crippen LogP contribution in [0, 0.1) is 0 Å². The molecule has 0 aliphatic heterocycles. The molecular weight excluding hydrogens is 252 g/mol. The van der Waals surface area contributed by atoms with E-state index in [2.05, 4.69) is 24.3 Å². The zero-order chi connectivity index (χ0) is 13.5. The second-order valence-corrected chi connectivity index (χ2v) is 6.26. The summed E-state index contributed by atoms with van der Waals surface area (Å²) in [4.78, 5) is 0. The van der Waals surface area contributed by atoms with Crippen molar-refractivity contribution in [2.45, 2.75) is 12.1 Å². The van der Waals surface area contributed by atoms with Gasteiger partial charge in [0.25, 0.3) is 0 Å². The van der Waals surface area contributed by atoms with Gasteiger partial charge in [0.1, 0.15) is 11.5 Å². The van der Waals surface area contributed by atoms with Gasteiger partial charge in [0.05, 0.1) is 14.2 Å². The lowest BCUT2D eigenvalue weighted by Crippen LogP contribution is -2.01. The molecule has 19 heavy (non-hydrogen) atoms. The van der Waals surface area contributed by atoms with Crippen LogP contribution in [0.3, 0.4) is 0 Å². The van der Waals surface area contributed by atoms with E-state index in [-0.39, 0.29) is 9.52 Å². The summed E-state index contributed by atoms with van der Waals surface area (Å²) in [5.41, 5.74) is 2.84. The summed E-state index contributed by atoms with van der Waals surface area (Å²) in [6.45, 7) is 0. The maximum atomic E-state index is 5.16. The lowest BCUT2D eigenvalue weighted by Gasteiger charge is -2.04. The molecule has 0 aromatic heterocycles. The second kappa shape index (κ2) is 7.00. The zero-order valence-corrected chi connectivity index (χ0v) is 13.0. The first-order valence-electron chi connectivity index (χ1n) is 6.57. The van der Waals surface area contributed by atoms with Crippen LogP contribution in [0.25, 0.3) is 0 Å². The number of benzene rings is 2. The van der Waals surface area contributed by atoms with Gasteiger partial charge in [-0.2, -0.15) is 0 Å². The lowest BCUT2D eigenvalue weighted by atomic mass is 10.2. The third-order valence-corrected chi connectivity index (χ3v) is 5.11. The molecule has 0 saturated heterocycles. The molecule has 0 heterocycles. The molecule has 2 nitrogen and oxygen atoms in total. The summed E-state index contributed by atoms with van der Waals surface area (Å²) >= 11 is 0. The maximum absolute atomic E-state index is 5.16. The number of hydrogen-bond donors (Lipinski definition) is 0. The van der Waals surface area contributed by atoms with Gasteiger partial charge < -0.3 is 9.47 Å². The standard InChI is InChI=1S/C16H20O2Si/c1-17-15-7-3-13(4-8-15)11-19-12-14-5-9-16(18-2)10-6-14/h3-10H,11-12,19H2,1-2H3. The average Bonchev–Trinajstić information content (AvgIpc) is 2.49. The first-order chi connectivity index (χ1) is 9.31. The maximum Gasteiger partial charge on any atom is 0.118 e. The predicted octanol–water partition coefficient (Wildman–Crippen LogP) is 2.57. The van der Waals surface area contributed by atoms with E-state index in [1.165, 1.54) is 23.2 Å². The van der Waals surface area contributed by atoms with Crippen molar-refractivity contribution in [1.82, 2.24) is 0 Å². The van der Waals surface area contributed by atoms with Crippen LogP contribution in [0.5, 0.6) is 11.5 Å². The summed E-state index contributed by atoms with van der Waals surface area (Å²) in [7, 11) is 3.30. The van der Waals surface area contributed by atoms with E-state index in [9.17, 15) is 0 Å². The Labute approximate surface area is 117 Å². The summed E-state index contributed by atoms with van der Waals surface area (Å²) in [5.74, 6) is 1.86. The van der Waals surface area contributed by atoms with Gasteiger partial charge in [-0.05, 0) is 36.4 Å². The lowest BCUT2D eigenvalue weighted by molar-refractivity contribution is 0.414. The molecule has 0 radical (unpaired) electrons. The van der Waals surface area contributed by atoms with Crippen molar-refractivity contribution in [2.75, 3.05) is 14.2 Å². The van der Waals surface area contributed by atoms with Crippen molar-refractivity contribution >= 4 is 9.52 Å². The smallest absolute Gasteiger partial charge is 0.118 e. The van der Waals surface area contributed by atoms with Crippen molar-refractivity contribution in [3.05, 3.63) is 59.7 Å². The highest BCUT2D eigenvalue weighted by atomic mass is 28.2. The third kappa shape index (κ3) is 4.14. The molecule has 0 aliphatic rings. The third-order valence-electron chi connectivity index (χ3n) is 3.25. The van der Waals surface area contributed by atoms with Crippen molar-refractivity contribution < 1.29 is 9.47 Å². The van der Waals surface area contributed by atoms with E-state index in [1.807, 2.05) is 24.3 Å². The molecule has 3 heteroatoms. The first kappa shape index (κ1) is 13.7. The highest BCUT2D eigenvalue weighted by Crippen LogP contribution is 2.13. The molecule has 2 aromatic carbocycles. The van der Waals surface area contributed by atoms with Crippen LogP contribution in [0.15, 0.2) is 48.5 Å². The summed E-state index contributed by atoms with van der Waals surface area (Å²) in [5, 5.41) is 0. The summed E-state index contributed by atoms with van der Waals surface area (Å²) in [6, 6.07) is 19.3. The minimum atomic E-state index is -0.104. The topological polar surface area (TPSA) is 18.5 Å². The van der Waals surface area contributed by atoms with Gasteiger partial charge in [-0.1, -0.05) is 35.4 Å². The van der Waals surface area contributed by atoms with Crippen molar-refractivity contribution in [1.29, 1.82) is 0 Å². The molecule has 2 aromatic rings. The summed E-state index contributed by atoms with van der Waals surface area (Å²) < 4.78 is 10.3. The van der Waals surface area contributed by atoms with Crippen LogP contribution in [0.2, 0.25) is 0 Å². The van der Waals surface area contributed by atoms with Gasteiger partial charge >= 0.3 is 0 Å². The van der Waals surface area contributed by atoms with E-state index in [1.54, 1.807) is 14.2 Å². The fourth-order valence-corrected chi connectivity index (χ4v) is 3.74. The number of rotatable bonds is 6. The number of hydrogen-bond acceptors (Lipinski definition) is 2. The van der Waals surface area contributed by atoms with Crippen LogP contribution in [-0.2, 0) is 12.1 Å². The van der Waals surface area contributed by atoms with Gasteiger partial charge in [0, 0.05) is 9.52 Å². The van der Waals surface area contributed by atoms with Crippen molar-refractivity contribution in [3.63, 3.8) is 0 Å². The first-order valence-corrected chi connectivity index (χ1v) is 8.57. The fraction of sp³-hybridized carbons (Fsp3) is 0.250. The highest BCUT2D eigenvalue weighted by Gasteiger charge is 1.98. The zero-order valence-electron chi connectivity index (χ0n) is 11.6. The average molecular weight is 272 g/mol. The van der Waals surface area contributed by atoms with E-state index >= 15 is 0 Å². The molecule has 0 saturated carbocycles. The highest BCUT2D eigenvalue weighted by molar-refractivity contribution is 6.34. The van der Waals surface area contributed by atoms with Crippen LogP contribution >= 0.6 is 0 Å². The van der Waals surface area contributed by atoms with Gasteiger partial charge in [0.2, 0.25) is 0 Å². The van der Waals surface area contributed by atoms with Gasteiger partial charge in [0.15, 0.2) is 0 Å². The molecule has 2 rings (SSSR count). The Kier molecular flexibility index (Phi) is 5.04. The van der Waals surface area contributed by atoms with Gasteiger partial charge in [-0.3, -0.25) is 0 Å². The molecule has 0 spiro atoms. The number of methoxy groups -OCH3 is 2. The minimum absolute atomic E-state index is 0.104. The molecule has 0 atom stereocenters. The van der Waals surface area contributed by atoms with Crippen molar-refractivity contribution in [3.8, 4) is 11.5 Å². The monoisotopic (exact) mass is 272 g/mol. The van der Waals surface area contributed by atoms with Crippen LogP contribution in [0.1, 0.15) is 11.1 Å². The Morgan fingerprint density at radius 2 is 1.05 bits per heavy atom. The molecule has 100 valence electrons. The second-order valence-electron chi connectivity index (χ2n) is 4.55. The minimum Gasteiger partial charge on any atom is -0.497 e. The van der Waals surface area contributed by atoms with E-state index < -0.39 is 0 Å². The Morgan fingerprint density at radius 1 is 0.684 bits per heavy atom. The normalized spacial score (nSPS) is 10.2. The quantitative estimate of drug-likeness (QED) is 0.753. The fourth-order valence-electron chi connectivity index (χ4n) is 2.08. The summed E-state index contributed by atoms with van der Waals surface area (Å²) in [6.07, 6.45) is 0. The SMILES string of the molecule is COc1ccc(C[SiH2]Cc2ccc(OC)cc2)cc1. The molecular formula is C16H20O2Si. The van der Waals surface area contributed by atoms with E-state index in [0.717, 1.165) is 11.5 Å². The molecule has 0 fully saturated rings. The van der Waals surface area contributed by atoms with E-state index in [0.29, 0.717) is 0 Å². The van der Waals surface area contributed by atoms with E-state index in [4.69, 9.17) is 9.47 Å². The predicted molar refractivity (Wildman–Crippen MR) is 81.9 cm³/mol. The number of ether oxygens (including phenoxy) is 2. The Balaban J connectivity index is 1.81.